The van der Waals surface area contributed by atoms with Crippen LogP contribution >= 0.6 is 0 Å². The first-order valence-electron chi connectivity index (χ1n) is 5.63. The van der Waals surface area contributed by atoms with Crippen LogP contribution in [0.15, 0.2) is 6.07 Å². The van der Waals surface area contributed by atoms with Crippen molar-refractivity contribution in [2.75, 3.05) is 40.4 Å². The molecule has 0 amide bonds. The Labute approximate surface area is 101 Å². The molecule has 1 radical (unpaired) electrons. The molecule has 6 heteroatoms. The van der Waals surface area contributed by atoms with Gasteiger partial charge in [0.25, 0.3) is 0 Å². The summed E-state index contributed by atoms with van der Waals surface area (Å²) in [5, 5.41) is 4.30. The summed E-state index contributed by atoms with van der Waals surface area (Å²) in [6, 6.07) is 1.68. The maximum atomic E-state index is 5.12. The van der Waals surface area contributed by atoms with Crippen molar-refractivity contribution in [2.24, 2.45) is 0 Å². The molecule has 1 aromatic heterocycles. The van der Waals surface area contributed by atoms with Gasteiger partial charge in [0.2, 0.25) is 11.8 Å². The minimum Gasteiger partial charge on any atom is -0.481 e. The van der Waals surface area contributed by atoms with Crippen LogP contribution in [-0.2, 0) is 6.54 Å². The third kappa shape index (κ3) is 3.28. The van der Waals surface area contributed by atoms with E-state index in [1.807, 2.05) is 0 Å². The zero-order valence-corrected chi connectivity index (χ0v) is 10.2. The number of rotatable bonds is 4. The molecule has 0 N–H and O–H groups in total. The van der Waals surface area contributed by atoms with Gasteiger partial charge in [-0.05, 0) is 0 Å². The Bertz CT molecular complexity index is 344. The number of nitrogens with zero attached hydrogens (tertiary/aromatic N) is 4. The van der Waals surface area contributed by atoms with Crippen LogP contribution in [0.5, 0.6) is 11.8 Å². The van der Waals surface area contributed by atoms with Gasteiger partial charge in [0.05, 0.1) is 26.8 Å². The Balaban J connectivity index is 2.07. The Morgan fingerprint density at radius 1 is 1.12 bits per heavy atom. The Hall–Kier alpha value is -1.40. The van der Waals surface area contributed by atoms with Crippen molar-refractivity contribution in [3.8, 4) is 11.8 Å². The second-order valence-electron chi connectivity index (χ2n) is 3.82. The van der Waals surface area contributed by atoms with Gasteiger partial charge >= 0.3 is 0 Å². The maximum absolute atomic E-state index is 5.12. The molecule has 0 saturated carbocycles. The highest BCUT2D eigenvalue weighted by molar-refractivity contribution is 5.20. The van der Waals surface area contributed by atoms with E-state index in [0.29, 0.717) is 18.3 Å². The predicted octanol–water partition coefficient (Wildman–Crippen LogP) is -0.0862. The first-order valence-corrected chi connectivity index (χ1v) is 5.63. The van der Waals surface area contributed by atoms with Gasteiger partial charge in [-0.15, -0.1) is 0 Å². The van der Waals surface area contributed by atoms with E-state index in [9.17, 15) is 0 Å². The van der Waals surface area contributed by atoms with Crippen LogP contribution in [-0.4, -0.2) is 55.3 Å². The summed E-state index contributed by atoms with van der Waals surface area (Å²) in [7, 11) is 3.18. The van der Waals surface area contributed by atoms with Crippen molar-refractivity contribution < 1.29 is 9.47 Å². The third-order valence-corrected chi connectivity index (χ3v) is 2.66. The lowest BCUT2D eigenvalue weighted by atomic mass is 10.3. The summed E-state index contributed by atoms with van der Waals surface area (Å²) in [4.78, 5) is 10.9. The van der Waals surface area contributed by atoms with Gasteiger partial charge in [0.1, 0.15) is 5.82 Å². The van der Waals surface area contributed by atoms with Crippen LogP contribution in [0, 0.1) is 0 Å². The van der Waals surface area contributed by atoms with Crippen molar-refractivity contribution in [3.63, 3.8) is 0 Å². The minimum atomic E-state index is 0.536. The zero-order chi connectivity index (χ0) is 12.1. The lowest BCUT2D eigenvalue weighted by Crippen LogP contribution is -2.39. The van der Waals surface area contributed by atoms with Crippen LogP contribution < -0.4 is 14.8 Å². The molecule has 1 aliphatic heterocycles. The van der Waals surface area contributed by atoms with Gasteiger partial charge in [-0.1, -0.05) is 0 Å². The molecule has 0 unspecified atom stereocenters. The molecule has 0 spiro atoms. The number of aromatic nitrogens is 2. The van der Waals surface area contributed by atoms with Crippen molar-refractivity contribution in [1.29, 1.82) is 0 Å². The second-order valence-corrected chi connectivity index (χ2v) is 3.82. The molecule has 0 aromatic carbocycles. The van der Waals surface area contributed by atoms with E-state index in [0.717, 1.165) is 32.0 Å². The molecule has 17 heavy (non-hydrogen) atoms. The van der Waals surface area contributed by atoms with E-state index in [1.54, 1.807) is 20.3 Å². The fourth-order valence-corrected chi connectivity index (χ4v) is 1.74. The SMILES string of the molecule is COc1cc(OC)nc(CN2CC[N]CC2)n1. The molecular weight excluding hydrogens is 220 g/mol. The third-order valence-electron chi connectivity index (χ3n) is 2.66. The molecule has 1 aromatic rings. The van der Waals surface area contributed by atoms with Crippen LogP contribution in [0.3, 0.4) is 0 Å². The quantitative estimate of drug-likeness (QED) is 0.732. The van der Waals surface area contributed by atoms with Crippen LogP contribution in [0.2, 0.25) is 0 Å². The van der Waals surface area contributed by atoms with Crippen LogP contribution in [0.25, 0.3) is 0 Å². The molecule has 0 bridgehead atoms. The predicted molar refractivity (Wildman–Crippen MR) is 62.3 cm³/mol. The average molecular weight is 237 g/mol. The molecule has 0 aliphatic carbocycles. The van der Waals surface area contributed by atoms with Gasteiger partial charge in [0, 0.05) is 26.2 Å². The topological polar surface area (TPSA) is 61.6 Å². The number of methoxy groups -OCH3 is 2. The Morgan fingerprint density at radius 3 is 2.24 bits per heavy atom. The van der Waals surface area contributed by atoms with E-state index < -0.39 is 0 Å². The molecule has 2 rings (SSSR count). The molecule has 1 saturated heterocycles. The normalized spacial score (nSPS) is 16.8. The first kappa shape index (κ1) is 12.1. The molecule has 1 aliphatic rings. The smallest absolute Gasteiger partial charge is 0.220 e. The summed E-state index contributed by atoms with van der Waals surface area (Å²) in [5.74, 6) is 1.80. The second kappa shape index (κ2) is 5.79. The van der Waals surface area contributed by atoms with Gasteiger partial charge in [-0.3, -0.25) is 4.90 Å². The van der Waals surface area contributed by atoms with Crippen molar-refractivity contribution in [3.05, 3.63) is 11.9 Å². The van der Waals surface area contributed by atoms with E-state index in [2.05, 4.69) is 20.2 Å². The summed E-state index contributed by atoms with van der Waals surface area (Å²) in [6.45, 7) is 4.41. The highest BCUT2D eigenvalue weighted by Gasteiger charge is 2.13. The molecule has 6 nitrogen and oxygen atoms in total. The maximum Gasteiger partial charge on any atom is 0.220 e. The summed E-state index contributed by atoms with van der Waals surface area (Å²) in [5.41, 5.74) is 0. The van der Waals surface area contributed by atoms with Crippen molar-refractivity contribution >= 4 is 0 Å². The average Bonchev–Trinajstić information content (AvgIpc) is 2.39. The highest BCUT2D eigenvalue weighted by Crippen LogP contribution is 2.15. The Morgan fingerprint density at radius 2 is 1.71 bits per heavy atom. The molecule has 1 fully saturated rings. The van der Waals surface area contributed by atoms with E-state index in [4.69, 9.17) is 9.47 Å². The zero-order valence-electron chi connectivity index (χ0n) is 10.2. The van der Waals surface area contributed by atoms with Gasteiger partial charge in [-0.2, -0.15) is 9.97 Å². The first-order chi connectivity index (χ1) is 8.31. The summed E-state index contributed by atoms with van der Waals surface area (Å²) >= 11 is 0. The number of ether oxygens (including phenoxy) is 2. The monoisotopic (exact) mass is 237 g/mol. The van der Waals surface area contributed by atoms with Crippen molar-refractivity contribution in [2.45, 2.75) is 6.54 Å². The molecular formula is C11H17N4O2. The van der Waals surface area contributed by atoms with Gasteiger partial charge in [-0.25, -0.2) is 5.32 Å². The van der Waals surface area contributed by atoms with E-state index in [-0.39, 0.29) is 0 Å². The van der Waals surface area contributed by atoms with Crippen LogP contribution in [0.4, 0.5) is 0 Å². The minimum absolute atomic E-state index is 0.536. The number of hydrogen-bond acceptors (Lipinski definition) is 5. The Kier molecular flexibility index (Phi) is 4.11. The van der Waals surface area contributed by atoms with Gasteiger partial charge in [0.15, 0.2) is 0 Å². The fraction of sp³-hybridized carbons (Fsp3) is 0.636. The molecule has 0 atom stereocenters. The lowest BCUT2D eigenvalue weighted by molar-refractivity contribution is 0.223. The highest BCUT2D eigenvalue weighted by atomic mass is 16.5. The number of hydrogen-bond donors (Lipinski definition) is 0. The standard InChI is InChI=1S/C11H17N4O2/c1-16-10-7-11(17-2)14-9(13-10)8-15-5-3-12-4-6-15/h7H,3-6,8H2,1-2H3. The summed E-state index contributed by atoms with van der Waals surface area (Å²) in [6.07, 6.45) is 0. The van der Waals surface area contributed by atoms with Crippen molar-refractivity contribution in [1.82, 2.24) is 20.2 Å². The summed E-state index contributed by atoms with van der Waals surface area (Å²) < 4.78 is 10.2. The fourth-order valence-electron chi connectivity index (χ4n) is 1.74. The van der Waals surface area contributed by atoms with E-state index >= 15 is 0 Å². The molecule has 2 heterocycles. The van der Waals surface area contributed by atoms with Crippen LogP contribution in [0.1, 0.15) is 5.82 Å². The molecule has 93 valence electrons. The lowest BCUT2D eigenvalue weighted by Gasteiger charge is -2.25. The largest absolute Gasteiger partial charge is 0.481 e. The van der Waals surface area contributed by atoms with Gasteiger partial charge < -0.3 is 9.47 Å². The number of piperazine rings is 1. The van der Waals surface area contributed by atoms with E-state index in [1.165, 1.54) is 0 Å².